The topological polar surface area (TPSA) is 80.2 Å². The van der Waals surface area contributed by atoms with Crippen LogP contribution in [0.2, 0.25) is 0 Å². The van der Waals surface area contributed by atoms with Crippen molar-refractivity contribution in [2.45, 2.75) is 39.1 Å². The zero-order valence-corrected chi connectivity index (χ0v) is 16.7. The van der Waals surface area contributed by atoms with E-state index in [-0.39, 0.29) is 23.4 Å². The SMILES string of the molecule is CC(C)OC(=O)[C@H](C)N=[P+]([O-])Oc1ccccc1Oc1ccc(C(F)(F)F)cc1. The number of hydrogen-bond donors (Lipinski definition) is 0. The number of para-hydroxylation sites is 2. The van der Waals surface area contributed by atoms with Gasteiger partial charge in [-0.05, 0) is 57.2 Å². The van der Waals surface area contributed by atoms with Crippen molar-refractivity contribution in [3.8, 4) is 17.2 Å². The van der Waals surface area contributed by atoms with Gasteiger partial charge in [0, 0.05) is 0 Å². The predicted octanol–water partition coefficient (Wildman–Crippen LogP) is 5.07. The maximum absolute atomic E-state index is 12.6. The Kier molecular flexibility index (Phi) is 7.59. The van der Waals surface area contributed by atoms with Crippen LogP contribution in [0, 0.1) is 0 Å². The van der Waals surface area contributed by atoms with Crippen molar-refractivity contribution in [2.75, 3.05) is 0 Å². The summed E-state index contributed by atoms with van der Waals surface area (Å²) in [4.78, 5) is 23.9. The van der Waals surface area contributed by atoms with Crippen LogP contribution < -0.4 is 14.2 Å². The van der Waals surface area contributed by atoms with Crippen LogP contribution in [0.25, 0.3) is 0 Å². The molecule has 29 heavy (non-hydrogen) atoms. The third-order valence-electron chi connectivity index (χ3n) is 3.40. The van der Waals surface area contributed by atoms with Gasteiger partial charge in [-0.15, -0.1) is 0 Å². The van der Waals surface area contributed by atoms with Crippen molar-refractivity contribution >= 4 is 14.1 Å². The Labute approximate surface area is 166 Å². The molecule has 156 valence electrons. The number of esters is 1. The van der Waals surface area contributed by atoms with Gasteiger partial charge in [-0.25, -0.2) is 4.79 Å². The fourth-order valence-corrected chi connectivity index (χ4v) is 2.82. The molecular formula is C19H19F3NO5P. The first-order chi connectivity index (χ1) is 13.6. The van der Waals surface area contributed by atoms with Gasteiger partial charge in [0.1, 0.15) is 5.75 Å². The Balaban J connectivity index is 2.12. The number of hydrogen-bond acceptors (Lipinski definition) is 6. The average Bonchev–Trinajstić information content (AvgIpc) is 2.62. The molecule has 0 saturated carbocycles. The molecule has 2 atom stereocenters. The molecular weight excluding hydrogens is 410 g/mol. The molecule has 6 nitrogen and oxygen atoms in total. The molecule has 0 saturated heterocycles. The number of carbonyl (C=O) groups is 1. The molecule has 2 aromatic rings. The van der Waals surface area contributed by atoms with Crippen LogP contribution in [0.15, 0.2) is 53.3 Å². The lowest BCUT2D eigenvalue weighted by molar-refractivity contribution is -0.170. The van der Waals surface area contributed by atoms with Crippen molar-refractivity contribution in [3.63, 3.8) is 0 Å². The first-order valence-corrected chi connectivity index (χ1v) is 9.70. The highest BCUT2D eigenvalue weighted by Crippen LogP contribution is 2.37. The quantitative estimate of drug-likeness (QED) is 0.453. The van der Waals surface area contributed by atoms with Crippen LogP contribution in [0.3, 0.4) is 0 Å². The first-order valence-electron chi connectivity index (χ1n) is 8.57. The molecule has 0 aliphatic rings. The van der Waals surface area contributed by atoms with Gasteiger partial charge in [0.2, 0.25) is 5.75 Å². The molecule has 2 aromatic carbocycles. The molecule has 0 radical (unpaired) electrons. The van der Waals surface area contributed by atoms with Gasteiger partial charge in [-0.3, -0.25) is 4.52 Å². The predicted molar refractivity (Wildman–Crippen MR) is 98.6 cm³/mol. The van der Waals surface area contributed by atoms with Crippen LogP contribution >= 0.6 is 8.17 Å². The molecule has 0 aromatic heterocycles. The van der Waals surface area contributed by atoms with E-state index in [1.54, 1.807) is 26.0 Å². The van der Waals surface area contributed by atoms with Crippen LogP contribution in [0.5, 0.6) is 17.2 Å². The summed E-state index contributed by atoms with van der Waals surface area (Å²) in [6, 6.07) is 9.25. The fourth-order valence-electron chi connectivity index (χ4n) is 2.08. The summed E-state index contributed by atoms with van der Waals surface area (Å²) in [6.45, 7) is 4.78. The summed E-state index contributed by atoms with van der Waals surface area (Å²) in [5.41, 5.74) is -0.807. The summed E-state index contributed by atoms with van der Waals surface area (Å²) in [6.07, 6.45) is -4.79. The van der Waals surface area contributed by atoms with Crippen LogP contribution in [0.4, 0.5) is 13.2 Å². The van der Waals surface area contributed by atoms with E-state index < -0.39 is 31.9 Å². The molecule has 0 bridgehead atoms. The van der Waals surface area contributed by atoms with Gasteiger partial charge in [-0.1, -0.05) is 16.9 Å². The van der Waals surface area contributed by atoms with Gasteiger partial charge in [0.05, 0.1) is 11.7 Å². The molecule has 0 heterocycles. The van der Waals surface area contributed by atoms with E-state index in [2.05, 4.69) is 4.74 Å². The minimum absolute atomic E-state index is 0.0571. The Morgan fingerprint density at radius 3 is 2.17 bits per heavy atom. The van der Waals surface area contributed by atoms with Crippen LogP contribution in [0.1, 0.15) is 26.3 Å². The highest BCUT2D eigenvalue weighted by Gasteiger charge is 2.30. The van der Waals surface area contributed by atoms with Gasteiger partial charge in [-0.2, -0.15) is 13.2 Å². The first kappa shape index (κ1) is 22.6. The van der Waals surface area contributed by atoms with Gasteiger partial charge < -0.3 is 14.4 Å². The van der Waals surface area contributed by atoms with E-state index in [4.69, 9.17) is 14.0 Å². The lowest BCUT2D eigenvalue weighted by Crippen LogP contribution is -2.21. The highest BCUT2D eigenvalue weighted by molar-refractivity contribution is 7.34. The summed E-state index contributed by atoms with van der Waals surface area (Å²) in [5, 5.41) is 0. The number of ether oxygens (including phenoxy) is 2. The Morgan fingerprint density at radius 2 is 1.62 bits per heavy atom. The molecule has 1 unspecified atom stereocenters. The lowest BCUT2D eigenvalue weighted by atomic mass is 10.2. The summed E-state index contributed by atoms with van der Waals surface area (Å²) in [5.74, 6) is -0.318. The Morgan fingerprint density at radius 1 is 1.03 bits per heavy atom. The second-order valence-corrected chi connectivity index (χ2v) is 7.07. The monoisotopic (exact) mass is 429 g/mol. The van der Waals surface area contributed by atoms with Gasteiger partial charge >= 0.3 is 20.3 Å². The van der Waals surface area contributed by atoms with E-state index >= 15 is 0 Å². The standard InChI is InChI=1S/C19H19F3NO5P/c1-12(2)26-18(24)13(3)23-29(25)28-17-7-5-4-6-16(17)27-15-10-8-14(9-11-15)19(20,21)22/h4-13H,1-3H3/t13-/m0/s1. The molecule has 2 rings (SSSR count). The number of benzene rings is 2. The minimum Gasteiger partial charge on any atom is -0.575 e. The summed E-state index contributed by atoms with van der Waals surface area (Å²) >= 11 is 0. The fraction of sp³-hybridized carbons (Fsp3) is 0.316. The minimum atomic E-state index is -4.45. The average molecular weight is 429 g/mol. The van der Waals surface area contributed by atoms with E-state index in [1.165, 1.54) is 19.1 Å². The summed E-state index contributed by atoms with van der Waals surface area (Å²) in [7, 11) is -2.62. The summed E-state index contributed by atoms with van der Waals surface area (Å²) < 4.78 is 57.4. The largest absolute Gasteiger partial charge is 0.575 e. The van der Waals surface area contributed by atoms with Crippen molar-refractivity contribution in [1.82, 2.24) is 0 Å². The second kappa shape index (κ2) is 9.71. The van der Waals surface area contributed by atoms with E-state index in [0.717, 1.165) is 24.3 Å². The molecule has 0 spiro atoms. The Bertz CT molecular complexity index is 869. The van der Waals surface area contributed by atoms with Crippen molar-refractivity contribution < 1.29 is 36.9 Å². The van der Waals surface area contributed by atoms with Crippen molar-refractivity contribution in [3.05, 3.63) is 54.1 Å². The van der Waals surface area contributed by atoms with Crippen LogP contribution in [-0.2, 0) is 15.7 Å². The zero-order chi connectivity index (χ0) is 21.6. The van der Waals surface area contributed by atoms with E-state index in [1.807, 2.05) is 0 Å². The Hall–Kier alpha value is -2.64. The molecule has 10 heteroatoms. The number of nitrogens with zero attached hydrogens (tertiary/aromatic N) is 1. The maximum atomic E-state index is 12.6. The third kappa shape index (κ3) is 7.03. The van der Waals surface area contributed by atoms with Crippen molar-refractivity contribution in [2.24, 2.45) is 4.74 Å². The van der Waals surface area contributed by atoms with Gasteiger partial charge in [0.15, 0.2) is 11.8 Å². The lowest BCUT2D eigenvalue weighted by Gasteiger charge is -2.11. The second-order valence-electron chi connectivity index (χ2n) is 6.18. The molecule has 0 aliphatic carbocycles. The number of alkyl halides is 3. The number of halogens is 3. The van der Waals surface area contributed by atoms with E-state index in [9.17, 15) is 22.9 Å². The van der Waals surface area contributed by atoms with Gasteiger partial charge in [0.25, 0.3) is 0 Å². The smallest absolute Gasteiger partial charge is 0.416 e. The molecule has 0 N–H and O–H groups in total. The highest BCUT2D eigenvalue weighted by atomic mass is 31.1. The maximum Gasteiger partial charge on any atom is 0.416 e. The van der Waals surface area contributed by atoms with E-state index in [0.29, 0.717) is 0 Å². The van der Waals surface area contributed by atoms with Crippen molar-refractivity contribution in [1.29, 1.82) is 0 Å². The molecule has 0 amide bonds. The zero-order valence-electron chi connectivity index (χ0n) is 15.8. The molecule has 0 aliphatic heterocycles. The normalized spacial score (nSPS) is 13.2. The number of carbonyl (C=O) groups excluding carboxylic acids is 1. The van der Waals surface area contributed by atoms with Crippen LogP contribution in [-0.4, -0.2) is 18.1 Å². The molecule has 0 fully saturated rings. The number of rotatable bonds is 7. The third-order valence-corrected chi connectivity index (χ3v) is 4.28.